The maximum atomic E-state index is 9.02. The van der Waals surface area contributed by atoms with Crippen LogP contribution >= 0.6 is 0 Å². The summed E-state index contributed by atoms with van der Waals surface area (Å²) in [5, 5.41) is 26.6. The third kappa shape index (κ3) is 7.16. The quantitative estimate of drug-likeness (QED) is 0.704. The molecule has 2 unspecified atom stereocenters. The number of nitrogens with zero attached hydrogens (tertiary/aromatic N) is 2. The zero-order valence-electron chi connectivity index (χ0n) is 16.3. The molecule has 0 aliphatic heterocycles. The first kappa shape index (κ1) is 21.6. The second-order valence-corrected chi connectivity index (χ2v) is 13.2. The fourth-order valence-corrected chi connectivity index (χ4v) is 4.03. The van der Waals surface area contributed by atoms with Crippen LogP contribution in [0.2, 0.25) is 18.1 Å². The maximum Gasteiger partial charge on any atom is 0.192 e. The highest BCUT2D eigenvalue weighted by atomic mass is 28.4. The molecule has 2 aliphatic rings. The van der Waals surface area contributed by atoms with Crippen molar-refractivity contribution in [2.75, 3.05) is 0 Å². The molecular formula is C20H32N2O2Si. The Bertz CT molecular complexity index is 588. The molecule has 4 nitrogen and oxygen atoms in total. The van der Waals surface area contributed by atoms with E-state index in [1.165, 1.54) is 0 Å². The Morgan fingerprint density at radius 3 is 2.00 bits per heavy atom. The number of nitriles is 2. The zero-order chi connectivity index (χ0) is 19.1. The molecule has 0 aromatic rings. The third-order valence-electron chi connectivity index (χ3n) is 5.23. The van der Waals surface area contributed by atoms with E-state index >= 15 is 0 Å². The summed E-state index contributed by atoms with van der Waals surface area (Å²) in [4.78, 5) is 0. The van der Waals surface area contributed by atoms with Crippen molar-refractivity contribution in [2.45, 2.75) is 89.6 Å². The molecule has 0 aromatic carbocycles. The number of hydrogen-bond acceptors (Lipinski definition) is 4. The van der Waals surface area contributed by atoms with Gasteiger partial charge >= 0.3 is 0 Å². The van der Waals surface area contributed by atoms with Gasteiger partial charge in [-0.15, -0.1) is 0 Å². The SMILES string of the molecule is CC(C)(C)[Si](C)(C)OC1CCC=C(C#N)C1.N#CC1=CCCC(O)C1. The molecule has 0 fully saturated rings. The summed E-state index contributed by atoms with van der Waals surface area (Å²) in [6.45, 7) is 11.3. The predicted molar refractivity (Wildman–Crippen MR) is 103 cm³/mol. The molecule has 2 atom stereocenters. The Morgan fingerprint density at radius 1 is 1.04 bits per heavy atom. The molecule has 0 spiro atoms. The highest BCUT2D eigenvalue weighted by Gasteiger charge is 2.39. The second-order valence-electron chi connectivity index (χ2n) is 8.40. The van der Waals surface area contributed by atoms with Gasteiger partial charge in [-0.3, -0.25) is 0 Å². The summed E-state index contributed by atoms with van der Waals surface area (Å²) < 4.78 is 6.32. The van der Waals surface area contributed by atoms with Gasteiger partial charge in [-0.1, -0.05) is 32.9 Å². The summed E-state index contributed by atoms with van der Waals surface area (Å²) in [6.07, 6.45) is 9.01. The van der Waals surface area contributed by atoms with Gasteiger partial charge in [-0.05, 0) is 43.8 Å². The minimum Gasteiger partial charge on any atom is -0.414 e. The van der Waals surface area contributed by atoms with Crippen molar-refractivity contribution in [1.29, 1.82) is 10.5 Å². The number of aliphatic hydroxyl groups is 1. The van der Waals surface area contributed by atoms with Gasteiger partial charge in [0.1, 0.15) is 0 Å². The highest BCUT2D eigenvalue weighted by Crippen LogP contribution is 2.39. The van der Waals surface area contributed by atoms with Crippen molar-refractivity contribution >= 4 is 8.32 Å². The molecule has 2 aliphatic carbocycles. The van der Waals surface area contributed by atoms with Gasteiger partial charge < -0.3 is 9.53 Å². The molecule has 1 N–H and O–H groups in total. The first-order valence-corrected chi connectivity index (χ1v) is 12.0. The molecule has 0 aromatic heterocycles. The van der Waals surface area contributed by atoms with E-state index in [0.717, 1.165) is 43.3 Å². The van der Waals surface area contributed by atoms with Crippen molar-refractivity contribution in [1.82, 2.24) is 0 Å². The molecule has 0 saturated heterocycles. The lowest BCUT2D eigenvalue weighted by Gasteiger charge is -2.40. The van der Waals surface area contributed by atoms with E-state index in [4.69, 9.17) is 20.1 Å². The van der Waals surface area contributed by atoms with Crippen LogP contribution in [0.25, 0.3) is 0 Å². The first-order valence-electron chi connectivity index (χ1n) is 9.13. The van der Waals surface area contributed by atoms with E-state index in [-0.39, 0.29) is 17.2 Å². The van der Waals surface area contributed by atoms with Gasteiger partial charge in [-0.25, -0.2) is 0 Å². The van der Waals surface area contributed by atoms with Crippen molar-refractivity contribution in [3.63, 3.8) is 0 Å². The number of rotatable bonds is 2. The monoisotopic (exact) mass is 360 g/mol. The Balaban J connectivity index is 0.000000293. The molecule has 0 saturated carbocycles. The minimum absolute atomic E-state index is 0.251. The van der Waals surface area contributed by atoms with E-state index in [1.54, 1.807) is 0 Å². The fourth-order valence-electron chi connectivity index (χ4n) is 2.64. The lowest BCUT2D eigenvalue weighted by molar-refractivity contribution is 0.162. The lowest BCUT2D eigenvalue weighted by Crippen LogP contribution is -2.44. The predicted octanol–water partition coefficient (Wildman–Crippen LogP) is 4.99. The van der Waals surface area contributed by atoms with Gasteiger partial charge in [0.05, 0.1) is 24.3 Å². The van der Waals surface area contributed by atoms with E-state index in [2.05, 4.69) is 39.9 Å². The van der Waals surface area contributed by atoms with Gasteiger partial charge in [0.25, 0.3) is 0 Å². The number of hydrogen-bond donors (Lipinski definition) is 1. The van der Waals surface area contributed by atoms with Crippen molar-refractivity contribution in [3.05, 3.63) is 23.3 Å². The van der Waals surface area contributed by atoms with E-state index in [1.807, 2.05) is 18.2 Å². The third-order valence-corrected chi connectivity index (χ3v) is 9.76. The summed E-state index contributed by atoms with van der Waals surface area (Å²) in [7, 11) is -1.67. The normalized spacial score (nSPS) is 24.0. The summed E-state index contributed by atoms with van der Waals surface area (Å²) >= 11 is 0. The van der Waals surface area contributed by atoms with Gasteiger partial charge in [0, 0.05) is 24.0 Å². The molecular weight excluding hydrogens is 328 g/mol. The van der Waals surface area contributed by atoms with Crippen LogP contribution < -0.4 is 0 Å². The molecule has 25 heavy (non-hydrogen) atoms. The molecule has 0 bridgehead atoms. The van der Waals surface area contributed by atoms with Crippen LogP contribution in [-0.2, 0) is 4.43 Å². The van der Waals surface area contributed by atoms with E-state index in [9.17, 15) is 0 Å². The second kappa shape index (κ2) is 9.34. The van der Waals surface area contributed by atoms with Gasteiger partial charge in [-0.2, -0.15) is 10.5 Å². The summed E-state index contributed by atoms with van der Waals surface area (Å²) in [5.74, 6) is 0. The highest BCUT2D eigenvalue weighted by molar-refractivity contribution is 6.74. The fraction of sp³-hybridized carbons (Fsp3) is 0.700. The van der Waals surface area contributed by atoms with E-state index in [0.29, 0.717) is 6.42 Å². The average Bonchev–Trinajstić information content (AvgIpc) is 2.54. The first-order chi connectivity index (χ1) is 11.6. The van der Waals surface area contributed by atoms with Crippen molar-refractivity contribution < 1.29 is 9.53 Å². The average molecular weight is 361 g/mol. The maximum absolute atomic E-state index is 9.02. The molecule has 0 radical (unpaired) electrons. The van der Waals surface area contributed by atoms with Gasteiger partial charge in [0.15, 0.2) is 8.32 Å². The van der Waals surface area contributed by atoms with Crippen LogP contribution in [0.4, 0.5) is 0 Å². The number of allylic oxidation sites excluding steroid dienone is 2. The van der Waals surface area contributed by atoms with Crippen LogP contribution in [-0.4, -0.2) is 25.6 Å². The molecule has 2 rings (SSSR count). The largest absolute Gasteiger partial charge is 0.414 e. The lowest BCUT2D eigenvalue weighted by atomic mass is 9.98. The Kier molecular flexibility index (Phi) is 8.08. The molecule has 0 amide bonds. The minimum atomic E-state index is -1.67. The molecule has 138 valence electrons. The van der Waals surface area contributed by atoms with Crippen LogP contribution in [0.1, 0.15) is 59.3 Å². The number of aliphatic hydroxyl groups excluding tert-OH is 1. The summed E-state index contributed by atoms with van der Waals surface area (Å²) in [6, 6.07) is 4.29. The Hall–Kier alpha value is -1.40. The summed E-state index contributed by atoms with van der Waals surface area (Å²) in [5.41, 5.74) is 1.63. The van der Waals surface area contributed by atoms with Crippen LogP contribution in [0.15, 0.2) is 23.3 Å². The van der Waals surface area contributed by atoms with Gasteiger partial charge in [0.2, 0.25) is 0 Å². The van der Waals surface area contributed by atoms with Crippen molar-refractivity contribution in [3.8, 4) is 12.1 Å². The van der Waals surface area contributed by atoms with Crippen LogP contribution in [0.5, 0.6) is 0 Å². The smallest absolute Gasteiger partial charge is 0.192 e. The standard InChI is InChI=1S/C13H23NOSi.C7H9NO/c1-13(2,3)16(4,5)15-12-8-6-7-11(9-12)10-14;8-5-6-2-1-3-7(9)4-6/h7,12H,6,8-9H2,1-5H3;2,7,9H,1,3-4H2. The molecule has 5 heteroatoms. The van der Waals surface area contributed by atoms with Crippen LogP contribution in [0, 0.1) is 22.7 Å². The zero-order valence-corrected chi connectivity index (χ0v) is 17.3. The van der Waals surface area contributed by atoms with Crippen molar-refractivity contribution in [2.24, 2.45) is 0 Å². The van der Waals surface area contributed by atoms with Crippen LogP contribution in [0.3, 0.4) is 0 Å². The Labute approximate surface area is 153 Å². The molecule has 0 heterocycles. The topological polar surface area (TPSA) is 77.0 Å². The van der Waals surface area contributed by atoms with E-state index < -0.39 is 8.32 Å². The Morgan fingerprint density at radius 2 is 1.56 bits per heavy atom.